The van der Waals surface area contributed by atoms with E-state index in [4.69, 9.17) is 0 Å². The highest BCUT2D eigenvalue weighted by molar-refractivity contribution is 5.76. The summed E-state index contributed by atoms with van der Waals surface area (Å²) in [7, 11) is 0. The van der Waals surface area contributed by atoms with Gasteiger partial charge in [0.05, 0.1) is 31.3 Å². The third-order valence-corrected chi connectivity index (χ3v) is 17.2. The molecule has 0 fully saturated rings. The van der Waals surface area contributed by atoms with E-state index < -0.39 is 18.2 Å². The molecular weight excluding hydrogens is 919 g/mol. The Kier molecular flexibility index (Phi) is 65.3. The predicted octanol–water partition coefficient (Wildman–Crippen LogP) is 22.8. The fraction of sp³-hybridized carbons (Fsp3) is 0.986. The summed E-state index contributed by atoms with van der Waals surface area (Å²) in [6, 6.07) is -0.655. The van der Waals surface area contributed by atoms with Gasteiger partial charge in [0.25, 0.3) is 0 Å². The van der Waals surface area contributed by atoms with Crippen molar-refractivity contribution in [2.24, 2.45) is 0 Å². The molecule has 4 N–H and O–H groups in total. The summed E-state index contributed by atoms with van der Waals surface area (Å²) in [5.41, 5.74) is 0. The molecule has 3 atom stereocenters. The zero-order chi connectivity index (χ0) is 54.3. The summed E-state index contributed by atoms with van der Waals surface area (Å²) >= 11 is 0. The van der Waals surface area contributed by atoms with Crippen LogP contribution in [0.4, 0.5) is 0 Å². The van der Waals surface area contributed by atoms with Crippen molar-refractivity contribution >= 4 is 5.91 Å². The van der Waals surface area contributed by atoms with E-state index in [2.05, 4.69) is 19.2 Å². The van der Waals surface area contributed by atoms with Crippen LogP contribution >= 0.6 is 0 Å². The molecule has 1 amide bonds. The average Bonchev–Trinajstić information content (AvgIpc) is 3.41. The SMILES string of the molecule is CCCCCCCCCCCCCCCCCCCCCCCCCCCCCCCCCCCCCCCC(O)CC(=O)NC(CO)C(O)CCCCCCCCCCCCCCCCCCCCCCCCC. The number of rotatable bonds is 67. The van der Waals surface area contributed by atoms with Crippen molar-refractivity contribution in [2.75, 3.05) is 6.61 Å². The van der Waals surface area contributed by atoms with Crippen LogP contribution in [-0.2, 0) is 4.79 Å². The average molecular weight is 1060 g/mol. The zero-order valence-corrected chi connectivity index (χ0v) is 51.7. The summed E-state index contributed by atoms with van der Waals surface area (Å²) < 4.78 is 0. The standard InChI is InChI=1S/C70H141NO4/c1-3-5-7-9-11-13-15-17-19-21-23-25-27-28-29-30-31-32-33-34-35-36-37-38-39-40-42-43-45-47-49-51-53-55-57-59-61-63-67(73)65-70(75)71-68(66-72)69(74)64-62-60-58-56-54-52-50-48-46-44-41-26-24-22-20-18-16-14-12-10-8-6-4-2/h67-69,72-74H,3-66H2,1-2H3,(H,71,75). The highest BCUT2D eigenvalue weighted by Crippen LogP contribution is 2.20. The number of aliphatic hydroxyl groups excluding tert-OH is 3. The maximum atomic E-state index is 12.6. The molecule has 5 heteroatoms. The number of aliphatic hydroxyl groups is 3. The van der Waals surface area contributed by atoms with Crippen LogP contribution in [0.1, 0.15) is 418 Å². The van der Waals surface area contributed by atoms with E-state index >= 15 is 0 Å². The van der Waals surface area contributed by atoms with Gasteiger partial charge in [0.2, 0.25) is 5.91 Å². The minimum absolute atomic E-state index is 0.0440. The zero-order valence-electron chi connectivity index (χ0n) is 51.7. The van der Waals surface area contributed by atoms with Gasteiger partial charge >= 0.3 is 0 Å². The normalized spacial score (nSPS) is 13.0. The smallest absolute Gasteiger partial charge is 0.222 e. The van der Waals surface area contributed by atoms with Crippen LogP contribution in [-0.4, -0.2) is 46.1 Å². The minimum atomic E-state index is -0.747. The van der Waals surface area contributed by atoms with E-state index in [1.54, 1.807) is 0 Å². The van der Waals surface area contributed by atoms with Gasteiger partial charge in [-0.25, -0.2) is 0 Å². The molecule has 0 spiro atoms. The Morgan fingerprint density at radius 1 is 0.280 bits per heavy atom. The van der Waals surface area contributed by atoms with Crippen LogP contribution in [0, 0.1) is 0 Å². The molecule has 0 heterocycles. The lowest BCUT2D eigenvalue weighted by Gasteiger charge is -2.23. The molecule has 0 saturated heterocycles. The molecule has 450 valence electrons. The highest BCUT2D eigenvalue weighted by Gasteiger charge is 2.21. The van der Waals surface area contributed by atoms with Crippen molar-refractivity contribution in [3.63, 3.8) is 0 Å². The predicted molar refractivity (Wildman–Crippen MR) is 333 cm³/mol. The first-order valence-corrected chi connectivity index (χ1v) is 35.3. The molecule has 3 unspecified atom stereocenters. The number of hydrogen-bond donors (Lipinski definition) is 4. The first-order chi connectivity index (χ1) is 37.0. The lowest BCUT2D eigenvalue weighted by molar-refractivity contribution is -0.125. The lowest BCUT2D eigenvalue weighted by atomic mass is 10.0. The monoisotopic (exact) mass is 1060 g/mol. The molecule has 0 radical (unpaired) electrons. The Balaban J connectivity index is 3.40. The molecule has 0 aromatic heterocycles. The van der Waals surface area contributed by atoms with Gasteiger partial charge in [0, 0.05) is 0 Å². The van der Waals surface area contributed by atoms with E-state index in [0.29, 0.717) is 12.8 Å². The number of hydrogen-bond acceptors (Lipinski definition) is 4. The third-order valence-electron chi connectivity index (χ3n) is 17.2. The van der Waals surface area contributed by atoms with Gasteiger partial charge in [-0.3, -0.25) is 4.79 Å². The summed E-state index contributed by atoms with van der Waals surface area (Å²) in [5, 5.41) is 33.8. The molecular formula is C70H141NO4. The van der Waals surface area contributed by atoms with Gasteiger partial charge in [-0.05, 0) is 12.8 Å². The van der Waals surface area contributed by atoms with E-state index in [9.17, 15) is 20.1 Å². The summed E-state index contributed by atoms with van der Waals surface area (Å²) in [6.45, 7) is 4.33. The van der Waals surface area contributed by atoms with Crippen LogP contribution in [0.2, 0.25) is 0 Å². The van der Waals surface area contributed by atoms with Crippen LogP contribution in [0.15, 0.2) is 0 Å². The first kappa shape index (κ1) is 74.3. The fourth-order valence-electron chi connectivity index (χ4n) is 11.8. The quantitative estimate of drug-likeness (QED) is 0.0457. The highest BCUT2D eigenvalue weighted by atomic mass is 16.3. The van der Waals surface area contributed by atoms with Crippen LogP contribution in [0.3, 0.4) is 0 Å². The molecule has 0 aliphatic heterocycles. The van der Waals surface area contributed by atoms with Crippen LogP contribution in [0.5, 0.6) is 0 Å². The number of carbonyl (C=O) groups is 1. The molecule has 0 aliphatic carbocycles. The molecule has 0 rings (SSSR count). The Bertz CT molecular complexity index is 1040. The van der Waals surface area contributed by atoms with Crippen molar-refractivity contribution in [3.8, 4) is 0 Å². The first-order valence-electron chi connectivity index (χ1n) is 35.3. The fourth-order valence-corrected chi connectivity index (χ4v) is 11.8. The van der Waals surface area contributed by atoms with E-state index in [-0.39, 0.29) is 18.9 Å². The van der Waals surface area contributed by atoms with E-state index in [1.165, 1.54) is 360 Å². The molecule has 0 aromatic carbocycles. The summed E-state index contributed by atoms with van der Waals surface area (Å²) in [6.07, 6.45) is 83.4. The summed E-state index contributed by atoms with van der Waals surface area (Å²) in [4.78, 5) is 12.6. The van der Waals surface area contributed by atoms with Crippen LogP contribution < -0.4 is 5.32 Å². The van der Waals surface area contributed by atoms with Crippen molar-refractivity contribution in [3.05, 3.63) is 0 Å². The largest absolute Gasteiger partial charge is 0.394 e. The summed E-state index contributed by atoms with van der Waals surface area (Å²) in [5.74, 6) is -0.272. The minimum Gasteiger partial charge on any atom is -0.394 e. The molecule has 0 aliphatic rings. The van der Waals surface area contributed by atoms with Gasteiger partial charge < -0.3 is 20.6 Å². The lowest BCUT2D eigenvalue weighted by Crippen LogP contribution is -2.46. The Morgan fingerprint density at radius 3 is 0.640 bits per heavy atom. The maximum Gasteiger partial charge on any atom is 0.222 e. The number of amides is 1. The van der Waals surface area contributed by atoms with Crippen molar-refractivity contribution in [1.29, 1.82) is 0 Å². The van der Waals surface area contributed by atoms with Crippen molar-refractivity contribution < 1.29 is 20.1 Å². The van der Waals surface area contributed by atoms with E-state index in [0.717, 1.165) is 25.7 Å². The van der Waals surface area contributed by atoms with Crippen LogP contribution in [0.25, 0.3) is 0 Å². The van der Waals surface area contributed by atoms with Crippen molar-refractivity contribution in [1.82, 2.24) is 5.32 Å². The number of unbranched alkanes of at least 4 members (excludes halogenated alkanes) is 58. The van der Waals surface area contributed by atoms with Crippen molar-refractivity contribution in [2.45, 2.75) is 437 Å². The molecule has 0 saturated carbocycles. The second-order valence-corrected chi connectivity index (χ2v) is 24.9. The molecule has 5 nitrogen and oxygen atoms in total. The number of carbonyl (C=O) groups excluding carboxylic acids is 1. The van der Waals surface area contributed by atoms with Gasteiger partial charge in [-0.1, -0.05) is 399 Å². The second-order valence-electron chi connectivity index (χ2n) is 24.9. The topological polar surface area (TPSA) is 89.8 Å². The Morgan fingerprint density at radius 2 is 0.453 bits per heavy atom. The molecule has 0 bridgehead atoms. The molecule has 0 aromatic rings. The second kappa shape index (κ2) is 65.9. The Hall–Kier alpha value is -0.650. The maximum absolute atomic E-state index is 12.6. The van der Waals surface area contributed by atoms with Gasteiger partial charge in [0.1, 0.15) is 0 Å². The van der Waals surface area contributed by atoms with E-state index in [1.807, 2.05) is 0 Å². The molecule has 75 heavy (non-hydrogen) atoms. The number of nitrogens with one attached hydrogen (secondary N) is 1. The van der Waals surface area contributed by atoms with Gasteiger partial charge in [-0.2, -0.15) is 0 Å². The van der Waals surface area contributed by atoms with Gasteiger partial charge in [-0.15, -0.1) is 0 Å². The third kappa shape index (κ3) is 62.4. The van der Waals surface area contributed by atoms with Gasteiger partial charge in [0.15, 0.2) is 0 Å². The Labute approximate surface area is 472 Å².